The molecule has 1 aliphatic rings. The minimum atomic E-state index is 0.450. The number of hydrogen-bond acceptors (Lipinski definition) is 2. The SMILES string of the molecule is Cc1ccccc1CCNCC1(CN)CC1. The van der Waals surface area contributed by atoms with Crippen LogP contribution in [0.2, 0.25) is 0 Å². The number of rotatable bonds is 6. The standard InChI is InChI=1S/C14H22N2/c1-12-4-2-3-5-13(12)6-9-16-11-14(10-15)7-8-14/h2-5,16H,6-11,15H2,1H3. The molecule has 0 aliphatic heterocycles. The van der Waals surface area contributed by atoms with E-state index >= 15 is 0 Å². The highest BCUT2D eigenvalue weighted by molar-refractivity contribution is 5.25. The van der Waals surface area contributed by atoms with Crippen molar-refractivity contribution in [1.29, 1.82) is 0 Å². The van der Waals surface area contributed by atoms with Crippen LogP contribution in [-0.4, -0.2) is 19.6 Å². The molecule has 16 heavy (non-hydrogen) atoms. The third-order valence-corrected chi connectivity index (χ3v) is 3.72. The molecule has 0 atom stereocenters. The molecule has 2 heteroatoms. The van der Waals surface area contributed by atoms with E-state index in [-0.39, 0.29) is 0 Å². The first-order valence-electron chi connectivity index (χ1n) is 6.21. The molecule has 1 fully saturated rings. The molecule has 1 aromatic carbocycles. The molecule has 0 radical (unpaired) electrons. The van der Waals surface area contributed by atoms with Gasteiger partial charge in [0.2, 0.25) is 0 Å². The van der Waals surface area contributed by atoms with Crippen molar-refractivity contribution in [2.75, 3.05) is 19.6 Å². The second kappa shape index (κ2) is 4.98. The molecule has 1 aromatic rings. The van der Waals surface area contributed by atoms with E-state index in [0.29, 0.717) is 5.41 Å². The Morgan fingerprint density at radius 3 is 2.69 bits per heavy atom. The fraction of sp³-hybridized carbons (Fsp3) is 0.571. The van der Waals surface area contributed by atoms with Crippen molar-refractivity contribution in [3.8, 4) is 0 Å². The second-order valence-electron chi connectivity index (χ2n) is 5.06. The second-order valence-corrected chi connectivity index (χ2v) is 5.06. The average molecular weight is 218 g/mol. The van der Waals surface area contributed by atoms with Crippen molar-refractivity contribution >= 4 is 0 Å². The van der Waals surface area contributed by atoms with Crippen LogP contribution in [-0.2, 0) is 6.42 Å². The maximum atomic E-state index is 5.75. The van der Waals surface area contributed by atoms with Crippen LogP contribution in [0.4, 0.5) is 0 Å². The first-order chi connectivity index (χ1) is 7.76. The quantitative estimate of drug-likeness (QED) is 0.715. The van der Waals surface area contributed by atoms with Crippen LogP contribution in [0.5, 0.6) is 0 Å². The maximum absolute atomic E-state index is 5.75. The van der Waals surface area contributed by atoms with Crippen molar-refractivity contribution < 1.29 is 0 Å². The van der Waals surface area contributed by atoms with Crippen molar-refractivity contribution in [2.24, 2.45) is 11.1 Å². The van der Waals surface area contributed by atoms with Gasteiger partial charge in [0.1, 0.15) is 0 Å². The van der Waals surface area contributed by atoms with E-state index in [0.717, 1.165) is 26.1 Å². The molecule has 88 valence electrons. The Bertz CT molecular complexity index is 342. The van der Waals surface area contributed by atoms with Gasteiger partial charge in [-0.15, -0.1) is 0 Å². The van der Waals surface area contributed by atoms with Gasteiger partial charge in [-0.3, -0.25) is 0 Å². The summed E-state index contributed by atoms with van der Waals surface area (Å²) < 4.78 is 0. The van der Waals surface area contributed by atoms with Gasteiger partial charge in [-0.25, -0.2) is 0 Å². The maximum Gasteiger partial charge on any atom is 0.00200 e. The highest BCUT2D eigenvalue weighted by atomic mass is 14.9. The van der Waals surface area contributed by atoms with E-state index in [9.17, 15) is 0 Å². The summed E-state index contributed by atoms with van der Waals surface area (Å²) in [6.45, 7) is 5.17. The fourth-order valence-corrected chi connectivity index (χ4v) is 2.10. The fourth-order valence-electron chi connectivity index (χ4n) is 2.10. The van der Waals surface area contributed by atoms with Crippen LogP contribution >= 0.6 is 0 Å². The van der Waals surface area contributed by atoms with Crippen molar-refractivity contribution in [3.05, 3.63) is 35.4 Å². The van der Waals surface area contributed by atoms with Gasteiger partial charge >= 0.3 is 0 Å². The lowest BCUT2D eigenvalue weighted by Gasteiger charge is -2.13. The number of hydrogen-bond donors (Lipinski definition) is 2. The van der Waals surface area contributed by atoms with Crippen LogP contribution in [0.3, 0.4) is 0 Å². The topological polar surface area (TPSA) is 38.0 Å². The van der Waals surface area contributed by atoms with Gasteiger partial charge in [0.25, 0.3) is 0 Å². The number of nitrogens with one attached hydrogen (secondary N) is 1. The molecule has 1 saturated carbocycles. The predicted molar refractivity (Wildman–Crippen MR) is 68.5 cm³/mol. The van der Waals surface area contributed by atoms with E-state index in [1.165, 1.54) is 24.0 Å². The lowest BCUT2D eigenvalue weighted by atomic mass is 10.1. The van der Waals surface area contributed by atoms with E-state index in [1.807, 2.05) is 0 Å². The normalized spacial score (nSPS) is 17.4. The van der Waals surface area contributed by atoms with Gasteiger partial charge < -0.3 is 11.1 Å². The molecular formula is C14H22N2. The number of aryl methyl sites for hydroxylation is 1. The highest BCUT2D eigenvalue weighted by Gasteiger charge is 2.40. The third-order valence-electron chi connectivity index (χ3n) is 3.72. The van der Waals surface area contributed by atoms with Gasteiger partial charge in [-0.1, -0.05) is 24.3 Å². The number of benzene rings is 1. The summed E-state index contributed by atoms with van der Waals surface area (Å²) in [6, 6.07) is 8.61. The van der Waals surface area contributed by atoms with Crippen LogP contribution in [0.1, 0.15) is 24.0 Å². The number of nitrogens with two attached hydrogens (primary N) is 1. The average Bonchev–Trinajstić information content (AvgIpc) is 3.07. The van der Waals surface area contributed by atoms with Gasteiger partial charge in [-0.05, 0) is 55.8 Å². The Morgan fingerprint density at radius 2 is 2.06 bits per heavy atom. The van der Waals surface area contributed by atoms with E-state index < -0.39 is 0 Å². The summed E-state index contributed by atoms with van der Waals surface area (Å²) >= 11 is 0. The Labute approximate surface area is 98.2 Å². The van der Waals surface area contributed by atoms with Gasteiger partial charge in [0.15, 0.2) is 0 Å². The van der Waals surface area contributed by atoms with Crippen LogP contribution in [0, 0.1) is 12.3 Å². The Hall–Kier alpha value is -0.860. The first kappa shape index (κ1) is 11.6. The minimum absolute atomic E-state index is 0.450. The molecule has 0 spiro atoms. The Kier molecular flexibility index (Phi) is 3.62. The molecule has 0 amide bonds. The van der Waals surface area contributed by atoms with Crippen molar-refractivity contribution in [3.63, 3.8) is 0 Å². The monoisotopic (exact) mass is 218 g/mol. The molecule has 2 nitrogen and oxygen atoms in total. The van der Waals surface area contributed by atoms with Crippen molar-refractivity contribution in [1.82, 2.24) is 5.32 Å². The molecule has 0 unspecified atom stereocenters. The summed E-state index contributed by atoms with van der Waals surface area (Å²) in [4.78, 5) is 0. The largest absolute Gasteiger partial charge is 0.330 e. The molecule has 1 aliphatic carbocycles. The zero-order valence-electron chi connectivity index (χ0n) is 10.1. The van der Waals surface area contributed by atoms with Crippen LogP contribution in [0.15, 0.2) is 24.3 Å². The van der Waals surface area contributed by atoms with Gasteiger partial charge in [0.05, 0.1) is 0 Å². The minimum Gasteiger partial charge on any atom is -0.330 e. The Morgan fingerprint density at radius 1 is 1.31 bits per heavy atom. The lowest BCUT2D eigenvalue weighted by molar-refractivity contribution is 0.470. The zero-order valence-corrected chi connectivity index (χ0v) is 10.1. The third kappa shape index (κ3) is 2.83. The predicted octanol–water partition coefficient (Wildman–Crippen LogP) is 1.87. The summed E-state index contributed by atoms with van der Waals surface area (Å²) in [7, 11) is 0. The lowest BCUT2D eigenvalue weighted by Crippen LogP contribution is -2.30. The zero-order chi connectivity index (χ0) is 11.4. The summed E-state index contributed by atoms with van der Waals surface area (Å²) in [5.74, 6) is 0. The molecule has 0 saturated heterocycles. The molecule has 3 N–H and O–H groups in total. The molecular weight excluding hydrogens is 196 g/mol. The van der Waals surface area contributed by atoms with Crippen LogP contribution in [0.25, 0.3) is 0 Å². The molecule has 0 aromatic heterocycles. The summed E-state index contributed by atoms with van der Waals surface area (Å²) in [6.07, 6.45) is 3.73. The van der Waals surface area contributed by atoms with Crippen molar-refractivity contribution in [2.45, 2.75) is 26.2 Å². The smallest absolute Gasteiger partial charge is 0.00200 e. The molecule has 0 heterocycles. The summed E-state index contributed by atoms with van der Waals surface area (Å²) in [5.41, 5.74) is 9.04. The van der Waals surface area contributed by atoms with E-state index in [2.05, 4.69) is 36.5 Å². The Balaban J connectivity index is 1.70. The van der Waals surface area contributed by atoms with Gasteiger partial charge in [0, 0.05) is 6.54 Å². The van der Waals surface area contributed by atoms with Gasteiger partial charge in [-0.2, -0.15) is 0 Å². The molecule has 2 rings (SSSR count). The molecule has 0 bridgehead atoms. The van der Waals surface area contributed by atoms with E-state index in [4.69, 9.17) is 5.73 Å². The summed E-state index contributed by atoms with van der Waals surface area (Å²) in [5, 5.41) is 3.53. The first-order valence-corrected chi connectivity index (χ1v) is 6.21. The van der Waals surface area contributed by atoms with E-state index in [1.54, 1.807) is 0 Å². The highest BCUT2D eigenvalue weighted by Crippen LogP contribution is 2.43. The van der Waals surface area contributed by atoms with Crippen LogP contribution < -0.4 is 11.1 Å².